The Morgan fingerprint density at radius 1 is 1.12 bits per heavy atom. The molecule has 1 amide bonds. The highest BCUT2D eigenvalue weighted by Gasteiger charge is 2.37. The van der Waals surface area contributed by atoms with Gasteiger partial charge >= 0.3 is 6.18 Å². The van der Waals surface area contributed by atoms with E-state index in [1.165, 1.54) is 0 Å². The number of fused-ring (bicyclic) bond motifs is 2. The molecule has 5 heterocycles. The van der Waals surface area contributed by atoms with Crippen LogP contribution >= 0.6 is 11.3 Å². The van der Waals surface area contributed by atoms with E-state index in [1.807, 2.05) is 16.3 Å². The fourth-order valence-corrected chi connectivity index (χ4v) is 5.00. The Morgan fingerprint density at radius 3 is 2.62 bits per heavy atom. The molecule has 1 aliphatic heterocycles. The van der Waals surface area contributed by atoms with Crippen LogP contribution in [0.1, 0.15) is 29.2 Å². The molecule has 4 aromatic heterocycles. The van der Waals surface area contributed by atoms with Crippen LogP contribution in [-0.4, -0.2) is 66.5 Å². The molecular formula is C21H21F3N8OS. The van der Waals surface area contributed by atoms with Gasteiger partial charge in [-0.05, 0) is 37.3 Å². The van der Waals surface area contributed by atoms with E-state index in [1.54, 1.807) is 31.5 Å². The van der Waals surface area contributed by atoms with E-state index in [0.29, 0.717) is 49.6 Å². The summed E-state index contributed by atoms with van der Waals surface area (Å²) in [5.41, 5.74) is 1.76. The predicted molar refractivity (Wildman–Crippen MR) is 120 cm³/mol. The smallest absolute Gasteiger partial charge is 0.352 e. The first-order valence-corrected chi connectivity index (χ1v) is 11.6. The quantitative estimate of drug-likeness (QED) is 0.434. The van der Waals surface area contributed by atoms with Gasteiger partial charge in [0.1, 0.15) is 17.0 Å². The van der Waals surface area contributed by atoms with Gasteiger partial charge in [0.05, 0.1) is 5.39 Å². The molecule has 0 bridgehead atoms. The summed E-state index contributed by atoms with van der Waals surface area (Å²) in [6, 6.07) is 2.01. The van der Waals surface area contributed by atoms with Gasteiger partial charge in [-0.3, -0.25) is 4.79 Å². The number of carbonyl (C=O) groups is 1. The minimum atomic E-state index is -4.65. The number of halogens is 3. The van der Waals surface area contributed by atoms with Gasteiger partial charge in [0.15, 0.2) is 0 Å². The molecule has 9 nitrogen and oxygen atoms in total. The number of amides is 1. The Morgan fingerprint density at radius 2 is 1.88 bits per heavy atom. The normalized spacial score (nSPS) is 15.0. The van der Waals surface area contributed by atoms with E-state index < -0.39 is 12.0 Å². The molecular weight excluding hydrogens is 469 g/mol. The molecule has 1 saturated heterocycles. The summed E-state index contributed by atoms with van der Waals surface area (Å²) < 4.78 is 40.1. The SMILES string of the molecule is Cc1nc2nc(C(F)(F)F)nn2c(C)c1CCC(=O)N1CCN(c2ncnc3sccc23)CC1. The van der Waals surface area contributed by atoms with Crippen LogP contribution in [-0.2, 0) is 17.4 Å². The number of aromatic nitrogens is 6. The van der Waals surface area contributed by atoms with Crippen molar-refractivity contribution >= 4 is 39.1 Å². The number of carbonyl (C=O) groups excluding carboxylic acids is 1. The number of hydrogen-bond acceptors (Lipinski definition) is 8. The molecule has 0 aliphatic carbocycles. The lowest BCUT2D eigenvalue weighted by molar-refractivity contribution is -0.144. The van der Waals surface area contributed by atoms with Crippen molar-refractivity contribution in [1.29, 1.82) is 0 Å². The van der Waals surface area contributed by atoms with Crippen LogP contribution in [0.5, 0.6) is 0 Å². The maximum atomic E-state index is 13.0. The maximum Gasteiger partial charge on any atom is 0.453 e. The Hall–Kier alpha value is -3.35. The zero-order chi connectivity index (χ0) is 24.0. The first-order valence-electron chi connectivity index (χ1n) is 10.7. The zero-order valence-electron chi connectivity index (χ0n) is 18.5. The van der Waals surface area contributed by atoms with Crippen LogP contribution < -0.4 is 4.90 Å². The van der Waals surface area contributed by atoms with Crippen LogP contribution in [0.25, 0.3) is 16.0 Å². The summed E-state index contributed by atoms with van der Waals surface area (Å²) >= 11 is 1.57. The number of anilines is 1. The molecule has 1 fully saturated rings. The largest absolute Gasteiger partial charge is 0.453 e. The summed E-state index contributed by atoms with van der Waals surface area (Å²) in [7, 11) is 0. The van der Waals surface area contributed by atoms with Crippen molar-refractivity contribution in [2.45, 2.75) is 32.9 Å². The van der Waals surface area contributed by atoms with Gasteiger partial charge in [0, 0.05) is 44.0 Å². The Balaban J connectivity index is 1.25. The third-order valence-electron chi connectivity index (χ3n) is 6.06. The van der Waals surface area contributed by atoms with Crippen molar-refractivity contribution in [2.24, 2.45) is 0 Å². The molecule has 0 N–H and O–H groups in total. The Kier molecular flexibility index (Phi) is 5.58. The van der Waals surface area contributed by atoms with Crippen molar-refractivity contribution in [1.82, 2.24) is 34.4 Å². The molecule has 0 atom stereocenters. The molecule has 0 spiro atoms. The van der Waals surface area contributed by atoms with Crippen LogP contribution in [0, 0.1) is 13.8 Å². The van der Waals surface area contributed by atoms with E-state index in [9.17, 15) is 18.0 Å². The molecule has 34 heavy (non-hydrogen) atoms. The van der Waals surface area contributed by atoms with Crippen LogP contribution in [0.4, 0.5) is 19.0 Å². The zero-order valence-corrected chi connectivity index (χ0v) is 19.3. The van der Waals surface area contributed by atoms with Crippen LogP contribution in [0.3, 0.4) is 0 Å². The maximum absolute atomic E-state index is 13.0. The number of nitrogens with zero attached hydrogens (tertiary/aromatic N) is 8. The highest BCUT2D eigenvalue weighted by molar-refractivity contribution is 7.16. The van der Waals surface area contributed by atoms with Gasteiger partial charge in [-0.1, -0.05) is 0 Å². The van der Waals surface area contributed by atoms with Gasteiger partial charge in [-0.2, -0.15) is 18.2 Å². The van der Waals surface area contributed by atoms with Gasteiger partial charge in [-0.25, -0.2) is 19.5 Å². The van der Waals surface area contributed by atoms with Gasteiger partial charge in [0.2, 0.25) is 5.91 Å². The highest BCUT2D eigenvalue weighted by Crippen LogP contribution is 2.28. The topological polar surface area (TPSA) is 92.4 Å². The monoisotopic (exact) mass is 490 g/mol. The number of rotatable bonds is 4. The first kappa shape index (κ1) is 22.4. The summed E-state index contributed by atoms with van der Waals surface area (Å²) in [5, 5.41) is 6.57. The third-order valence-corrected chi connectivity index (χ3v) is 6.88. The average molecular weight is 491 g/mol. The van der Waals surface area contributed by atoms with Crippen molar-refractivity contribution in [3.05, 3.63) is 40.5 Å². The lowest BCUT2D eigenvalue weighted by Gasteiger charge is -2.35. The summed E-state index contributed by atoms with van der Waals surface area (Å²) in [4.78, 5) is 34.2. The molecule has 0 saturated carbocycles. The highest BCUT2D eigenvalue weighted by atomic mass is 32.1. The van der Waals surface area contributed by atoms with E-state index in [-0.39, 0.29) is 18.1 Å². The summed E-state index contributed by atoms with van der Waals surface area (Å²) in [6.45, 7) is 5.85. The molecule has 1 aliphatic rings. The van der Waals surface area contributed by atoms with Crippen LogP contribution in [0.2, 0.25) is 0 Å². The molecule has 0 radical (unpaired) electrons. The minimum Gasteiger partial charge on any atom is -0.352 e. The fraction of sp³-hybridized carbons (Fsp3) is 0.429. The van der Waals surface area contributed by atoms with E-state index in [0.717, 1.165) is 20.5 Å². The molecule has 0 aromatic carbocycles. The van der Waals surface area contributed by atoms with Gasteiger partial charge in [-0.15, -0.1) is 16.4 Å². The van der Waals surface area contributed by atoms with E-state index in [2.05, 4.69) is 29.9 Å². The second-order valence-corrected chi connectivity index (χ2v) is 9.01. The molecule has 0 unspecified atom stereocenters. The second kappa shape index (κ2) is 8.46. The van der Waals surface area contributed by atoms with Crippen molar-refractivity contribution in [2.75, 3.05) is 31.1 Å². The number of piperazine rings is 1. The number of hydrogen-bond donors (Lipinski definition) is 0. The molecule has 178 valence electrons. The summed E-state index contributed by atoms with van der Waals surface area (Å²) in [6.07, 6.45) is -2.48. The minimum absolute atomic E-state index is 0.00325. The summed E-state index contributed by atoms with van der Waals surface area (Å²) in [5.74, 6) is -0.443. The van der Waals surface area contributed by atoms with E-state index in [4.69, 9.17) is 0 Å². The molecule has 5 rings (SSSR count). The number of alkyl halides is 3. The van der Waals surface area contributed by atoms with Crippen molar-refractivity contribution in [3.8, 4) is 0 Å². The van der Waals surface area contributed by atoms with Crippen molar-refractivity contribution in [3.63, 3.8) is 0 Å². The predicted octanol–water partition coefficient (Wildman–Crippen LogP) is 3.05. The lowest BCUT2D eigenvalue weighted by atomic mass is 10.1. The van der Waals surface area contributed by atoms with Crippen LogP contribution in [0.15, 0.2) is 17.8 Å². The lowest BCUT2D eigenvalue weighted by Crippen LogP contribution is -2.49. The van der Waals surface area contributed by atoms with E-state index >= 15 is 0 Å². The second-order valence-electron chi connectivity index (χ2n) is 8.11. The standard InChI is InChI=1S/C21H21F3N8OS/c1-12-14(13(2)32-20(27-12)28-19(29-32)21(22,23)24)3-4-16(33)30-6-8-31(9-7-30)17-15-5-10-34-18(15)26-11-25-17/h5,10-11H,3-4,6-9H2,1-2H3. The average Bonchev–Trinajstić information content (AvgIpc) is 3.46. The third kappa shape index (κ3) is 4.04. The van der Waals surface area contributed by atoms with Crippen molar-refractivity contribution < 1.29 is 18.0 Å². The molecule has 13 heteroatoms. The number of aryl methyl sites for hydroxylation is 2. The van der Waals surface area contributed by atoms with Gasteiger partial charge in [0.25, 0.3) is 11.6 Å². The first-order chi connectivity index (χ1) is 16.2. The van der Waals surface area contributed by atoms with Gasteiger partial charge < -0.3 is 9.80 Å². The number of thiophene rings is 1. The molecule has 4 aromatic rings. The fourth-order valence-electron chi connectivity index (χ4n) is 4.28. The Labute approximate surface area is 196 Å². The Bertz CT molecular complexity index is 1370.